The summed E-state index contributed by atoms with van der Waals surface area (Å²) in [6.07, 6.45) is 0.932. The smallest absolute Gasteiger partial charge is 0.338 e. The Balaban J connectivity index is 1.98. The molecule has 0 atom stereocenters. The van der Waals surface area contributed by atoms with Crippen LogP contribution in [0.5, 0.6) is 0 Å². The molecule has 1 aromatic carbocycles. The van der Waals surface area contributed by atoms with Crippen molar-refractivity contribution < 1.29 is 27.5 Å². The average molecular weight is 354 g/mol. The second kappa shape index (κ2) is 7.10. The Morgan fingerprint density at radius 1 is 1.21 bits per heavy atom. The van der Waals surface area contributed by atoms with E-state index < -0.39 is 28.5 Å². The Morgan fingerprint density at radius 2 is 1.83 bits per heavy atom. The number of esters is 1. The first-order chi connectivity index (χ1) is 11.2. The van der Waals surface area contributed by atoms with Crippen LogP contribution in [0.1, 0.15) is 23.2 Å². The normalized spacial score (nSPS) is 15.0. The summed E-state index contributed by atoms with van der Waals surface area (Å²) >= 11 is 0. The molecule has 2 amide bonds. The molecule has 0 spiro atoms. The predicted octanol–water partition coefficient (Wildman–Crippen LogP) is 0.243. The van der Waals surface area contributed by atoms with Crippen LogP contribution in [0.15, 0.2) is 29.2 Å². The third-order valence-corrected chi connectivity index (χ3v) is 5.40. The number of benzene rings is 1. The van der Waals surface area contributed by atoms with E-state index in [4.69, 9.17) is 4.74 Å². The Labute approximate surface area is 140 Å². The summed E-state index contributed by atoms with van der Waals surface area (Å²) in [5, 5.41) is 0. The summed E-state index contributed by atoms with van der Waals surface area (Å²) in [7, 11) is -0.768. The summed E-state index contributed by atoms with van der Waals surface area (Å²) in [5.74, 6) is -1.59. The molecule has 0 saturated carbocycles. The van der Waals surface area contributed by atoms with Gasteiger partial charge in [-0.1, -0.05) is 0 Å². The van der Waals surface area contributed by atoms with Gasteiger partial charge in [0.2, 0.25) is 15.9 Å². The van der Waals surface area contributed by atoms with Gasteiger partial charge < -0.3 is 4.74 Å². The molecule has 8 nitrogen and oxygen atoms in total. The molecular formula is C15H18N2O6S. The van der Waals surface area contributed by atoms with Crippen molar-refractivity contribution >= 4 is 27.8 Å². The molecule has 1 aromatic rings. The van der Waals surface area contributed by atoms with Crippen LogP contribution in [0.4, 0.5) is 0 Å². The predicted molar refractivity (Wildman–Crippen MR) is 83.6 cm³/mol. The molecule has 24 heavy (non-hydrogen) atoms. The number of hydrogen-bond acceptors (Lipinski definition) is 6. The SMILES string of the molecule is CN(C)S(=O)(=O)c1ccc(C(=O)OCC(=O)N2CCCC2=O)cc1. The van der Waals surface area contributed by atoms with E-state index in [1.807, 2.05) is 0 Å². The maximum atomic E-state index is 11.9. The van der Waals surface area contributed by atoms with Crippen LogP contribution in [0.3, 0.4) is 0 Å². The van der Waals surface area contributed by atoms with Gasteiger partial charge >= 0.3 is 5.97 Å². The fraction of sp³-hybridized carbons (Fsp3) is 0.400. The summed E-state index contributed by atoms with van der Waals surface area (Å²) in [6.45, 7) is -0.186. The maximum Gasteiger partial charge on any atom is 0.338 e. The van der Waals surface area contributed by atoms with Gasteiger partial charge in [0.05, 0.1) is 10.5 Å². The Hall–Kier alpha value is -2.26. The third-order valence-electron chi connectivity index (χ3n) is 3.57. The van der Waals surface area contributed by atoms with Gasteiger partial charge in [-0.2, -0.15) is 0 Å². The Bertz CT molecular complexity index is 755. The number of likely N-dealkylation sites (tertiary alicyclic amines) is 1. The standard InChI is InChI=1S/C15H18N2O6S/c1-16(2)24(21,22)12-7-5-11(6-8-12)15(20)23-10-14(19)17-9-3-4-13(17)18/h5-8H,3-4,9-10H2,1-2H3. The number of nitrogens with zero attached hydrogens (tertiary/aromatic N) is 2. The van der Waals surface area contributed by atoms with Crippen LogP contribution in [-0.2, 0) is 24.3 Å². The molecule has 2 rings (SSSR count). The lowest BCUT2D eigenvalue weighted by Gasteiger charge is -2.13. The first-order valence-electron chi connectivity index (χ1n) is 7.26. The zero-order valence-electron chi connectivity index (χ0n) is 13.4. The van der Waals surface area contributed by atoms with E-state index >= 15 is 0 Å². The lowest BCUT2D eigenvalue weighted by atomic mass is 10.2. The van der Waals surface area contributed by atoms with Crippen molar-refractivity contribution in [3.05, 3.63) is 29.8 Å². The third kappa shape index (κ3) is 3.80. The van der Waals surface area contributed by atoms with Crippen LogP contribution in [-0.4, -0.2) is 62.7 Å². The highest BCUT2D eigenvalue weighted by atomic mass is 32.2. The van der Waals surface area contributed by atoms with Gasteiger partial charge in [0.15, 0.2) is 6.61 Å². The highest BCUT2D eigenvalue weighted by molar-refractivity contribution is 7.89. The summed E-state index contributed by atoms with van der Waals surface area (Å²) in [5.41, 5.74) is 0.119. The van der Waals surface area contributed by atoms with Crippen LogP contribution >= 0.6 is 0 Å². The molecule has 0 aromatic heterocycles. The molecular weight excluding hydrogens is 336 g/mol. The summed E-state index contributed by atoms with van der Waals surface area (Å²) < 4.78 is 29.8. The summed E-state index contributed by atoms with van der Waals surface area (Å²) in [4.78, 5) is 36.2. The molecule has 0 aliphatic carbocycles. The molecule has 1 aliphatic heterocycles. The minimum atomic E-state index is -3.58. The number of carbonyl (C=O) groups is 3. The first-order valence-corrected chi connectivity index (χ1v) is 8.70. The monoisotopic (exact) mass is 354 g/mol. The number of sulfonamides is 1. The molecule has 1 aliphatic rings. The van der Waals surface area contributed by atoms with Crippen molar-refractivity contribution in [3.63, 3.8) is 0 Å². The molecule has 0 N–H and O–H groups in total. The minimum absolute atomic E-state index is 0.0442. The van der Waals surface area contributed by atoms with Gasteiger partial charge in [0, 0.05) is 27.1 Å². The van der Waals surface area contributed by atoms with E-state index in [1.165, 1.54) is 38.4 Å². The zero-order chi connectivity index (χ0) is 17.9. The number of hydrogen-bond donors (Lipinski definition) is 0. The highest BCUT2D eigenvalue weighted by Gasteiger charge is 2.27. The summed E-state index contributed by atoms with van der Waals surface area (Å²) in [6, 6.07) is 5.20. The van der Waals surface area contributed by atoms with E-state index in [2.05, 4.69) is 0 Å². The van der Waals surface area contributed by atoms with Crippen molar-refractivity contribution in [1.82, 2.24) is 9.21 Å². The van der Waals surface area contributed by atoms with Crippen molar-refractivity contribution in [1.29, 1.82) is 0 Å². The van der Waals surface area contributed by atoms with Crippen molar-refractivity contribution in [2.45, 2.75) is 17.7 Å². The van der Waals surface area contributed by atoms with Gasteiger partial charge in [-0.15, -0.1) is 0 Å². The maximum absolute atomic E-state index is 11.9. The van der Waals surface area contributed by atoms with Gasteiger partial charge in [0.25, 0.3) is 5.91 Å². The number of ether oxygens (including phenoxy) is 1. The highest BCUT2D eigenvalue weighted by Crippen LogP contribution is 2.15. The molecule has 130 valence electrons. The fourth-order valence-corrected chi connectivity index (χ4v) is 3.08. The molecule has 1 heterocycles. The number of amides is 2. The number of rotatable bonds is 5. The number of carbonyl (C=O) groups excluding carboxylic acids is 3. The Kier molecular flexibility index (Phi) is 5.35. The van der Waals surface area contributed by atoms with E-state index in [1.54, 1.807) is 0 Å². The van der Waals surface area contributed by atoms with Gasteiger partial charge in [-0.3, -0.25) is 14.5 Å². The number of imide groups is 1. The average Bonchev–Trinajstić information content (AvgIpc) is 2.98. The van der Waals surface area contributed by atoms with Crippen LogP contribution in [0, 0.1) is 0 Å². The van der Waals surface area contributed by atoms with Crippen molar-refractivity contribution in [2.24, 2.45) is 0 Å². The molecule has 9 heteroatoms. The fourth-order valence-electron chi connectivity index (χ4n) is 2.17. The lowest BCUT2D eigenvalue weighted by molar-refractivity contribution is -0.143. The zero-order valence-corrected chi connectivity index (χ0v) is 14.2. The van der Waals surface area contributed by atoms with Gasteiger partial charge in [-0.05, 0) is 30.7 Å². The van der Waals surface area contributed by atoms with Gasteiger partial charge in [0.1, 0.15) is 0 Å². The lowest BCUT2D eigenvalue weighted by Crippen LogP contribution is -2.35. The van der Waals surface area contributed by atoms with E-state index in [-0.39, 0.29) is 16.4 Å². The topological polar surface area (TPSA) is 101 Å². The van der Waals surface area contributed by atoms with E-state index in [0.717, 1.165) is 9.21 Å². The van der Waals surface area contributed by atoms with E-state index in [0.29, 0.717) is 19.4 Å². The van der Waals surface area contributed by atoms with Gasteiger partial charge in [-0.25, -0.2) is 17.5 Å². The van der Waals surface area contributed by atoms with E-state index in [9.17, 15) is 22.8 Å². The largest absolute Gasteiger partial charge is 0.452 e. The molecule has 1 saturated heterocycles. The Morgan fingerprint density at radius 3 is 2.33 bits per heavy atom. The van der Waals surface area contributed by atoms with Crippen molar-refractivity contribution in [3.8, 4) is 0 Å². The quantitative estimate of drug-likeness (QED) is 0.702. The minimum Gasteiger partial charge on any atom is -0.452 e. The molecule has 0 bridgehead atoms. The van der Waals surface area contributed by atoms with Crippen LogP contribution < -0.4 is 0 Å². The molecule has 1 fully saturated rings. The second-order valence-electron chi connectivity index (χ2n) is 5.43. The van der Waals surface area contributed by atoms with Crippen LogP contribution in [0.2, 0.25) is 0 Å². The second-order valence-corrected chi connectivity index (χ2v) is 7.58. The first kappa shape index (κ1) is 18.1. The molecule has 0 radical (unpaired) electrons. The van der Waals surface area contributed by atoms with Crippen LogP contribution in [0.25, 0.3) is 0 Å². The van der Waals surface area contributed by atoms with Crippen molar-refractivity contribution in [2.75, 3.05) is 27.2 Å². The molecule has 0 unspecified atom stereocenters.